The number of aromatic hydroxyl groups is 1. The van der Waals surface area contributed by atoms with E-state index in [1.807, 2.05) is 84.2 Å². The van der Waals surface area contributed by atoms with E-state index in [-0.39, 0.29) is 81.8 Å². The van der Waals surface area contributed by atoms with Gasteiger partial charge in [0.05, 0.1) is 56.5 Å². The fourth-order valence-corrected chi connectivity index (χ4v) is 11.9. The number of fused-ring (bicyclic) bond motifs is 3. The minimum Gasteiger partial charge on any atom is -0.507 e. The third-order valence-corrected chi connectivity index (χ3v) is 15.8. The number of para-hydroxylation sites is 1. The quantitative estimate of drug-likeness (QED) is 0.108. The highest BCUT2D eigenvalue weighted by molar-refractivity contribution is 5.96. The number of phenols is 1. The summed E-state index contributed by atoms with van der Waals surface area (Å²) in [5.74, 6) is -2.68. The Morgan fingerprint density at radius 2 is 1.27 bits per heavy atom. The molecular formula is C63H66F3N15O5. The number of piperazine rings is 2. The van der Waals surface area contributed by atoms with Crippen LogP contribution >= 0.6 is 0 Å². The number of carbonyl (C=O) groups excluding carboxylic acids is 2. The normalized spacial score (nSPS) is 17.2. The van der Waals surface area contributed by atoms with Crippen molar-refractivity contribution in [1.82, 2.24) is 58.8 Å². The molecule has 4 N–H and O–H groups in total. The number of nitrogens with zero attached hydrogens (tertiary/aromatic N) is 13. The van der Waals surface area contributed by atoms with Crippen LogP contribution in [0.4, 0.5) is 30.6 Å². The lowest BCUT2D eigenvalue weighted by Crippen LogP contribution is -2.58. The van der Waals surface area contributed by atoms with E-state index in [1.165, 1.54) is 39.5 Å². The average Bonchev–Trinajstić information content (AvgIpc) is 0.946. The van der Waals surface area contributed by atoms with E-state index < -0.39 is 45.8 Å². The predicted octanol–water partition coefficient (Wildman–Crippen LogP) is 9.35. The number of benzene rings is 2. The molecular weight excluding hydrogens is 1100 g/mol. The van der Waals surface area contributed by atoms with Crippen LogP contribution in [-0.4, -0.2) is 126 Å². The second-order valence-electron chi connectivity index (χ2n) is 22.6. The van der Waals surface area contributed by atoms with Crippen LogP contribution in [0.2, 0.25) is 0 Å². The molecule has 23 heteroatoms. The van der Waals surface area contributed by atoms with Crippen molar-refractivity contribution in [2.75, 3.05) is 41.7 Å². The van der Waals surface area contributed by atoms with Crippen LogP contribution in [0.5, 0.6) is 5.75 Å². The Kier molecular flexibility index (Phi) is 16.1. The van der Waals surface area contributed by atoms with Gasteiger partial charge in [0.1, 0.15) is 46.2 Å². The summed E-state index contributed by atoms with van der Waals surface area (Å²) in [6.07, 6.45) is 5.83. The maximum atomic E-state index is 16.2. The molecule has 0 radical (unpaired) electrons. The fourth-order valence-electron chi connectivity index (χ4n) is 11.9. The molecule has 2 aliphatic rings. The second kappa shape index (κ2) is 23.3. The zero-order valence-corrected chi connectivity index (χ0v) is 49.4. The molecule has 0 aliphatic carbocycles. The monoisotopic (exact) mass is 1170 g/mol. The number of phenolic OH excluding ortho intramolecular Hbond substituents is 1. The maximum absolute atomic E-state index is 16.2. The van der Waals surface area contributed by atoms with E-state index in [0.29, 0.717) is 76.8 Å². The van der Waals surface area contributed by atoms with Gasteiger partial charge in [0.2, 0.25) is 11.8 Å². The minimum atomic E-state index is -0.918. The van der Waals surface area contributed by atoms with Gasteiger partial charge in [0.25, 0.3) is 0 Å². The van der Waals surface area contributed by atoms with Gasteiger partial charge in [-0.2, -0.15) is 9.97 Å². The zero-order chi connectivity index (χ0) is 61.9. The van der Waals surface area contributed by atoms with Crippen molar-refractivity contribution >= 4 is 62.4 Å². The predicted molar refractivity (Wildman–Crippen MR) is 326 cm³/mol. The zero-order valence-electron chi connectivity index (χ0n) is 49.4. The first-order valence-electron chi connectivity index (χ1n) is 28.2. The topological polar surface area (TPSA) is 243 Å². The molecule has 2 aliphatic heterocycles. The summed E-state index contributed by atoms with van der Waals surface area (Å²) < 4.78 is 49.7. The molecule has 0 saturated carbocycles. The number of pyridine rings is 4. The largest absolute Gasteiger partial charge is 0.507 e. The molecule has 9 aromatic rings. The second-order valence-corrected chi connectivity index (χ2v) is 22.6. The maximum Gasteiger partial charge on any atom is 0.355 e. The first-order chi connectivity index (χ1) is 40.9. The number of amides is 2. The van der Waals surface area contributed by atoms with Crippen LogP contribution in [0, 0.1) is 31.3 Å². The number of aromatic amines is 1. The van der Waals surface area contributed by atoms with Gasteiger partial charge in [-0.15, -0.1) is 0 Å². The van der Waals surface area contributed by atoms with Gasteiger partial charge in [0, 0.05) is 62.1 Å². The molecule has 2 saturated heterocycles. The lowest BCUT2D eigenvalue weighted by molar-refractivity contribution is -0.131. The SMILES string of the molecule is C=CC(=O)N1CC(C)N(c2nc(=O)n(-c3c(C)ccnc3C(C)C)c3nc(-c4cccc5[nH]cnc45)c(F)cc23)CC1C.C=CC(=O)N1[C@H](C)CN(c2nc(=O)n(-c3c(C)cc(N)nc3C(C)C)c3nc(-c4c(O)cccc4F)c(F)cc23)C[C@@H]1C. The Hall–Kier alpha value is -9.80. The van der Waals surface area contributed by atoms with E-state index in [9.17, 15) is 28.7 Å². The van der Waals surface area contributed by atoms with E-state index in [4.69, 9.17) is 10.7 Å². The molecule has 2 fully saturated rings. The van der Waals surface area contributed by atoms with Crippen LogP contribution in [0.1, 0.15) is 89.7 Å². The number of aromatic nitrogens is 10. The summed E-state index contributed by atoms with van der Waals surface area (Å²) in [4.78, 5) is 95.2. The van der Waals surface area contributed by atoms with Gasteiger partial charge in [-0.1, -0.05) is 59.1 Å². The molecule has 2 aromatic carbocycles. The number of hydrogen-bond donors (Lipinski definition) is 3. The number of H-pyrrole nitrogens is 1. The van der Waals surface area contributed by atoms with Crippen LogP contribution in [-0.2, 0) is 9.59 Å². The molecule has 2 amide bonds. The van der Waals surface area contributed by atoms with Crippen molar-refractivity contribution in [3.05, 3.63) is 159 Å². The van der Waals surface area contributed by atoms with Crippen LogP contribution in [0.15, 0.2) is 108 Å². The van der Waals surface area contributed by atoms with E-state index in [2.05, 4.69) is 48.0 Å². The molecule has 0 spiro atoms. The number of carbonyl (C=O) groups is 2. The summed E-state index contributed by atoms with van der Waals surface area (Å²) in [6, 6.07) is 14.1. The Morgan fingerprint density at radius 1 is 0.674 bits per heavy atom. The summed E-state index contributed by atoms with van der Waals surface area (Å²) >= 11 is 0. The highest BCUT2D eigenvalue weighted by Gasteiger charge is 2.37. The summed E-state index contributed by atoms with van der Waals surface area (Å²) in [5.41, 5.74) is 9.62. The molecule has 9 heterocycles. The van der Waals surface area contributed by atoms with Crippen molar-refractivity contribution < 1.29 is 27.9 Å². The van der Waals surface area contributed by atoms with Crippen molar-refractivity contribution in [2.24, 2.45) is 0 Å². The fraction of sp³-hybridized carbons (Fsp3) is 0.317. The van der Waals surface area contributed by atoms with Crippen molar-refractivity contribution in [2.45, 2.75) is 105 Å². The van der Waals surface area contributed by atoms with Gasteiger partial charge in [-0.25, -0.2) is 51.8 Å². The van der Waals surface area contributed by atoms with Crippen LogP contribution in [0.3, 0.4) is 0 Å². The number of hydrogen-bond acceptors (Lipinski definition) is 15. The number of anilines is 3. The summed E-state index contributed by atoms with van der Waals surface area (Å²) in [7, 11) is 0. The molecule has 4 atom stereocenters. The molecule has 444 valence electrons. The van der Waals surface area contributed by atoms with E-state index >= 15 is 8.78 Å². The smallest absolute Gasteiger partial charge is 0.355 e. The first-order valence-corrected chi connectivity index (χ1v) is 28.2. The molecule has 7 aromatic heterocycles. The van der Waals surface area contributed by atoms with Crippen LogP contribution in [0.25, 0.3) is 67.0 Å². The standard InChI is InChI=1S/C32H33FN8O2.C31H33F2N7O3/c1-7-25(42)39-14-20(6)40(15-19(39)5)30-22-13-23(33)27(21-9-8-10-24-28(21)36-16-35-24)37-31(22)41(32(43)38-30)29-18(4)11-12-34-26(29)17(2)3;1-7-24(42)39-17(5)13-38(14-18(39)6)29-19-12-21(33)27(25-20(32)9-8-10-22(25)41)36-30(19)40(31(43)37-29)28-16(4)11-23(34)35-26(28)15(2)3/h7-13,16-17,19-20H,1,14-15H2,2-6H3,(H,35,36);7-12,15,17-18,41H,1,13-14H2,2-6H3,(H2,34,35)/t;17-,18+. The Bertz CT molecular complexity index is 4320. The lowest BCUT2D eigenvalue weighted by Gasteiger charge is -2.44. The Morgan fingerprint density at radius 3 is 1.90 bits per heavy atom. The van der Waals surface area contributed by atoms with Gasteiger partial charge in [-0.05, 0) is 119 Å². The number of imidazole rings is 1. The van der Waals surface area contributed by atoms with Crippen molar-refractivity contribution in [1.29, 1.82) is 0 Å². The first kappa shape index (κ1) is 59.4. The minimum absolute atomic E-state index is 0.00414. The lowest BCUT2D eigenvalue weighted by atomic mass is 10.0. The Labute approximate surface area is 493 Å². The van der Waals surface area contributed by atoms with Crippen LogP contribution < -0.4 is 26.9 Å². The molecule has 86 heavy (non-hydrogen) atoms. The molecule has 0 bridgehead atoms. The van der Waals surface area contributed by atoms with Gasteiger partial charge in [-0.3, -0.25) is 14.6 Å². The van der Waals surface area contributed by atoms with Crippen molar-refractivity contribution in [3.63, 3.8) is 0 Å². The van der Waals surface area contributed by atoms with E-state index in [0.717, 1.165) is 23.2 Å². The number of rotatable bonds is 10. The molecule has 20 nitrogen and oxygen atoms in total. The number of nitrogens with two attached hydrogens (primary N) is 1. The van der Waals surface area contributed by atoms with Crippen molar-refractivity contribution in [3.8, 4) is 39.6 Å². The molecule has 2 unspecified atom stereocenters. The van der Waals surface area contributed by atoms with Gasteiger partial charge >= 0.3 is 11.4 Å². The number of nitrogen functional groups attached to an aromatic ring is 1. The highest BCUT2D eigenvalue weighted by atomic mass is 19.1. The molecule has 11 rings (SSSR count). The van der Waals surface area contributed by atoms with Gasteiger partial charge in [0.15, 0.2) is 17.1 Å². The highest BCUT2D eigenvalue weighted by Crippen LogP contribution is 2.39. The number of aryl methyl sites for hydroxylation is 2. The average molecular weight is 1170 g/mol. The van der Waals surface area contributed by atoms with E-state index in [1.54, 1.807) is 47.4 Å². The summed E-state index contributed by atoms with van der Waals surface area (Å²) in [6.45, 7) is 27.7. The third kappa shape index (κ3) is 10.5. The third-order valence-electron chi connectivity index (χ3n) is 15.8. The number of halogens is 3. The van der Waals surface area contributed by atoms with Gasteiger partial charge < -0.3 is 35.4 Å². The number of nitrogens with one attached hydrogen (secondary N) is 1. The Balaban J connectivity index is 0.000000191. The summed E-state index contributed by atoms with van der Waals surface area (Å²) in [5, 5.41) is 11.1.